The van der Waals surface area contributed by atoms with E-state index in [-0.39, 0.29) is 11.9 Å². The van der Waals surface area contributed by atoms with Crippen LogP contribution in [0.2, 0.25) is 0 Å². The Morgan fingerprint density at radius 3 is 3.04 bits per heavy atom. The Morgan fingerprint density at radius 2 is 2.24 bits per heavy atom. The van der Waals surface area contributed by atoms with E-state index < -0.39 is 0 Å². The van der Waals surface area contributed by atoms with Gasteiger partial charge >= 0.3 is 0 Å². The highest BCUT2D eigenvalue weighted by Crippen LogP contribution is 2.22. The molecule has 0 fully saturated rings. The number of H-pyrrole nitrogens is 2. The molecule has 2 aromatic heterocycles. The number of imidazole rings is 1. The first-order valence-corrected chi connectivity index (χ1v) is 8.66. The molecule has 0 radical (unpaired) electrons. The summed E-state index contributed by atoms with van der Waals surface area (Å²) in [7, 11) is 2.06. The van der Waals surface area contributed by atoms with Gasteiger partial charge in [-0.15, -0.1) is 0 Å². The Morgan fingerprint density at radius 1 is 1.40 bits per heavy atom. The van der Waals surface area contributed by atoms with Gasteiger partial charge in [-0.25, -0.2) is 4.98 Å². The number of nitrogens with one attached hydrogen (secondary N) is 3. The number of carbonyl (C=O) groups excluding carboxylic acids is 1. The van der Waals surface area contributed by atoms with Crippen LogP contribution in [0.25, 0.3) is 11.0 Å². The van der Waals surface area contributed by atoms with Crippen molar-refractivity contribution in [2.45, 2.75) is 32.4 Å². The number of hydrogen-bond donors (Lipinski definition) is 3. The molecule has 1 unspecified atom stereocenters. The Balaban J connectivity index is 1.57. The van der Waals surface area contributed by atoms with Crippen LogP contribution in [0.1, 0.15) is 47.0 Å². The fourth-order valence-corrected chi connectivity index (χ4v) is 3.35. The van der Waals surface area contributed by atoms with Crippen LogP contribution in [-0.2, 0) is 13.0 Å². The molecule has 1 aliphatic heterocycles. The molecule has 1 atom stereocenters. The lowest BCUT2D eigenvalue weighted by Crippen LogP contribution is -2.32. The molecule has 3 heterocycles. The Kier molecular flexibility index (Phi) is 4.01. The zero-order valence-corrected chi connectivity index (χ0v) is 14.5. The molecule has 7 nitrogen and oxygen atoms in total. The van der Waals surface area contributed by atoms with Crippen LogP contribution < -0.4 is 5.32 Å². The second-order valence-electron chi connectivity index (χ2n) is 6.59. The van der Waals surface area contributed by atoms with Gasteiger partial charge in [0.15, 0.2) is 5.69 Å². The Bertz CT molecular complexity index is 878. The van der Waals surface area contributed by atoms with E-state index in [1.165, 1.54) is 0 Å². The third kappa shape index (κ3) is 2.91. The summed E-state index contributed by atoms with van der Waals surface area (Å²) in [5, 5.41) is 10.4. The molecule has 0 saturated heterocycles. The van der Waals surface area contributed by atoms with Crippen molar-refractivity contribution >= 4 is 16.9 Å². The van der Waals surface area contributed by atoms with Crippen LogP contribution in [0.15, 0.2) is 24.3 Å². The van der Waals surface area contributed by atoms with Crippen LogP contribution >= 0.6 is 0 Å². The molecular weight excluding hydrogens is 316 g/mol. The Hall–Kier alpha value is -2.67. The van der Waals surface area contributed by atoms with Crippen LogP contribution in [0.4, 0.5) is 0 Å². The quantitative estimate of drug-likeness (QED) is 0.680. The summed E-state index contributed by atoms with van der Waals surface area (Å²) in [6, 6.07) is 7.70. The molecule has 0 bridgehead atoms. The van der Waals surface area contributed by atoms with Gasteiger partial charge in [-0.1, -0.05) is 19.1 Å². The van der Waals surface area contributed by atoms with Gasteiger partial charge in [-0.05, 0) is 25.6 Å². The summed E-state index contributed by atoms with van der Waals surface area (Å²) in [4.78, 5) is 22.9. The Labute approximate surface area is 145 Å². The molecule has 0 saturated carbocycles. The topological polar surface area (TPSA) is 89.7 Å². The second kappa shape index (κ2) is 6.33. The second-order valence-corrected chi connectivity index (χ2v) is 6.59. The van der Waals surface area contributed by atoms with E-state index in [0.29, 0.717) is 5.69 Å². The lowest BCUT2D eigenvalue weighted by atomic mass is 10.1. The number of amides is 1. The van der Waals surface area contributed by atoms with E-state index in [0.717, 1.165) is 54.0 Å². The zero-order valence-electron chi connectivity index (χ0n) is 14.5. The maximum absolute atomic E-state index is 12.8. The molecule has 4 rings (SSSR count). The average Bonchev–Trinajstić information content (AvgIpc) is 3.22. The van der Waals surface area contributed by atoms with Crippen molar-refractivity contribution in [1.29, 1.82) is 0 Å². The van der Waals surface area contributed by atoms with Gasteiger partial charge in [-0.3, -0.25) is 9.89 Å². The van der Waals surface area contributed by atoms with Gasteiger partial charge in [0.05, 0.1) is 17.1 Å². The number of aromatic nitrogens is 4. The number of carbonyl (C=O) groups is 1. The van der Waals surface area contributed by atoms with Crippen molar-refractivity contribution in [1.82, 2.24) is 30.4 Å². The van der Waals surface area contributed by atoms with E-state index in [1.54, 1.807) is 0 Å². The maximum Gasteiger partial charge on any atom is 0.272 e. The highest BCUT2D eigenvalue weighted by molar-refractivity contribution is 5.94. The number of para-hydroxylation sites is 2. The smallest absolute Gasteiger partial charge is 0.272 e. The molecule has 7 heteroatoms. The molecule has 25 heavy (non-hydrogen) atoms. The molecule has 3 aromatic rings. The number of hydrogen-bond acceptors (Lipinski definition) is 4. The van der Waals surface area contributed by atoms with Crippen molar-refractivity contribution in [3.63, 3.8) is 0 Å². The van der Waals surface area contributed by atoms with Gasteiger partial charge in [0, 0.05) is 30.8 Å². The normalized spacial score (nSPS) is 15.9. The monoisotopic (exact) mass is 338 g/mol. The summed E-state index contributed by atoms with van der Waals surface area (Å²) >= 11 is 0. The summed E-state index contributed by atoms with van der Waals surface area (Å²) in [5.41, 5.74) is 4.45. The standard InChI is InChI=1S/C18H22N6O/c1-3-12(17-19-14-6-4-5-7-15(14)20-17)21-18(25)16-11-10-24(2)9-8-13(11)22-23-16/h4-7,12H,3,8-10H2,1-2H3,(H,19,20)(H,21,25)(H,22,23). The fraction of sp³-hybridized carbons (Fsp3) is 0.389. The van der Waals surface area contributed by atoms with E-state index in [2.05, 4.69) is 37.4 Å². The minimum Gasteiger partial charge on any atom is -0.341 e. The van der Waals surface area contributed by atoms with Crippen LogP contribution in [-0.4, -0.2) is 44.6 Å². The van der Waals surface area contributed by atoms with Crippen molar-refractivity contribution in [2.75, 3.05) is 13.6 Å². The minimum absolute atomic E-state index is 0.153. The molecule has 3 N–H and O–H groups in total. The van der Waals surface area contributed by atoms with Gasteiger partial charge < -0.3 is 15.2 Å². The van der Waals surface area contributed by atoms with Gasteiger partial charge in [0.1, 0.15) is 5.82 Å². The van der Waals surface area contributed by atoms with E-state index in [9.17, 15) is 4.79 Å². The minimum atomic E-state index is -0.173. The lowest BCUT2D eigenvalue weighted by molar-refractivity contribution is 0.0926. The van der Waals surface area contributed by atoms with E-state index >= 15 is 0 Å². The van der Waals surface area contributed by atoms with E-state index in [1.807, 2.05) is 31.2 Å². The molecule has 1 aliphatic rings. The first kappa shape index (κ1) is 15.8. The van der Waals surface area contributed by atoms with Crippen LogP contribution in [0, 0.1) is 0 Å². The van der Waals surface area contributed by atoms with Crippen LogP contribution in [0.3, 0.4) is 0 Å². The molecule has 130 valence electrons. The fourth-order valence-electron chi connectivity index (χ4n) is 3.35. The van der Waals surface area contributed by atoms with E-state index in [4.69, 9.17) is 0 Å². The summed E-state index contributed by atoms with van der Waals surface area (Å²) in [6.07, 6.45) is 1.64. The molecule has 0 spiro atoms. The highest BCUT2D eigenvalue weighted by atomic mass is 16.2. The van der Waals surface area contributed by atoms with Gasteiger partial charge in [0.2, 0.25) is 0 Å². The molecular formula is C18H22N6O. The number of nitrogens with zero attached hydrogens (tertiary/aromatic N) is 3. The predicted molar refractivity (Wildman–Crippen MR) is 95.2 cm³/mol. The van der Waals surface area contributed by atoms with Crippen molar-refractivity contribution in [3.05, 3.63) is 47.0 Å². The molecule has 1 aromatic carbocycles. The molecule has 1 amide bonds. The van der Waals surface area contributed by atoms with Crippen molar-refractivity contribution in [3.8, 4) is 0 Å². The summed E-state index contributed by atoms with van der Waals surface area (Å²) in [5.74, 6) is 0.624. The van der Waals surface area contributed by atoms with Crippen molar-refractivity contribution < 1.29 is 4.79 Å². The first-order chi connectivity index (χ1) is 12.2. The van der Waals surface area contributed by atoms with Crippen LogP contribution in [0.5, 0.6) is 0 Å². The maximum atomic E-state index is 12.8. The number of benzene rings is 1. The first-order valence-electron chi connectivity index (χ1n) is 8.66. The summed E-state index contributed by atoms with van der Waals surface area (Å²) < 4.78 is 0. The van der Waals surface area contributed by atoms with Gasteiger partial charge in [0.25, 0.3) is 5.91 Å². The third-order valence-electron chi connectivity index (χ3n) is 4.79. The van der Waals surface area contributed by atoms with Crippen molar-refractivity contribution in [2.24, 2.45) is 0 Å². The number of likely N-dealkylation sites (N-methyl/N-ethyl adjacent to an activating group) is 1. The average molecular weight is 338 g/mol. The number of aromatic amines is 2. The SMILES string of the molecule is CCC(NC(=O)c1n[nH]c2c1CN(C)CC2)c1nc2ccccc2[nH]1. The number of fused-ring (bicyclic) bond motifs is 2. The lowest BCUT2D eigenvalue weighted by Gasteiger charge is -2.22. The van der Waals surface area contributed by atoms with Gasteiger partial charge in [-0.2, -0.15) is 5.10 Å². The zero-order chi connectivity index (χ0) is 17.4. The summed E-state index contributed by atoms with van der Waals surface area (Å²) in [6.45, 7) is 3.76. The molecule has 0 aliphatic carbocycles. The largest absolute Gasteiger partial charge is 0.341 e. The number of rotatable bonds is 4. The predicted octanol–water partition coefficient (Wildman–Crippen LogP) is 2.16. The highest BCUT2D eigenvalue weighted by Gasteiger charge is 2.26. The third-order valence-corrected chi connectivity index (χ3v) is 4.79.